The molecule has 1 unspecified atom stereocenters. The first kappa shape index (κ1) is 20.8. The largest absolute Gasteiger partial charge is 0.336 e. The summed E-state index contributed by atoms with van der Waals surface area (Å²) >= 11 is 0. The van der Waals surface area contributed by atoms with E-state index in [0.717, 1.165) is 30.0 Å². The third kappa shape index (κ3) is 3.90. The Morgan fingerprint density at radius 3 is 2.44 bits per heavy atom. The number of fused-ring (bicyclic) bond motifs is 2. The monoisotopic (exact) mass is 449 g/mol. The zero-order valence-corrected chi connectivity index (χ0v) is 19.0. The van der Waals surface area contributed by atoms with Crippen LogP contribution >= 0.6 is 0 Å². The molecule has 0 spiro atoms. The van der Waals surface area contributed by atoms with Crippen molar-refractivity contribution in [1.29, 1.82) is 0 Å². The first-order chi connectivity index (χ1) is 16.8. The van der Waals surface area contributed by atoms with Gasteiger partial charge < -0.3 is 4.90 Å². The molecule has 6 nitrogen and oxygen atoms in total. The highest BCUT2D eigenvalue weighted by molar-refractivity contribution is 5.79. The van der Waals surface area contributed by atoms with Crippen LogP contribution in [-0.2, 0) is 24.3 Å². The summed E-state index contributed by atoms with van der Waals surface area (Å²) in [6.07, 6.45) is 0.833. The number of aromatic nitrogens is 3. The lowest BCUT2D eigenvalue weighted by molar-refractivity contribution is -0.133. The second-order valence-corrected chi connectivity index (χ2v) is 9.13. The van der Waals surface area contributed by atoms with Crippen molar-refractivity contribution >= 4 is 5.91 Å². The Balaban J connectivity index is 1.18. The van der Waals surface area contributed by atoms with Gasteiger partial charge >= 0.3 is 0 Å². The van der Waals surface area contributed by atoms with Gasteiger partial charge in [-0.25, -0.2) is 4.68 Å². The molecule has 0 radical (unpaired) electrons. The molecule has 0 saturated heterocycles. The average Bonchev–Trinajstić information content (AvgIpc) is 3.32. The summed E-state index contributed by atoms with van der Waals surface area (Å²) in [7, 11) is 0. The fourth-order valence-corrected chi connectivity index (χ4v) is 5.23. The van der Waals surface area contributed by atoms with Crippen LogP contribution < -0.4 is 0 Å². The smallest absolute Gasteiger partial charge is 0.237 e. The van der Waals surface area contributed by atoms with Gasteiger partial charge in [0.1, 0.15) is 5.69 Å². The Hall–Kier alpha value is -3.77. The Labute approximate surface area is 199 Å². The lowest BCUT2D eigenvalue weighted by Gasteiger charge is -2.36. The number of amides is 1. The summed E-state index contributed by atoms with van der Waals surface area (Å²) in [6, 6.07) is 29.2. The number of benzene rings is 3. The van der Waals surface area contributed by atoms with Gasteiger partial charge in [-0.2, -0.15) is 0 Å². The number of nitrogens with zero attached hydrogens (tertiary/aromatic N) is 5. The molecule has 1 amide bonds. The SMILES string of the molecule is O=C(CN1CCc2c(nnn2-c2ccccc2)C1)N1Cc2ccccc2C(c2ccccc2)C1. The van der Waals surface area contributed by atoms with Crippen LogP contribution in [0, 0.1) is 0 Å². The number of carbonyl (C=O) groups excluding carboxylic acids is 1. The van der Waals surface area contributed by atoms with Crippen LogP contribution in [0.5, 0.6) is 0 Å². The molecule has 4 aromatic rings. The summed E-state index contributed by atoms with van der Waals surface area (Å²) in [5, 5.41) is 8.82. The molecule has 1 aromatic heterocycles. The number of hydrogen-bond acceptors (Lipinski definition) is 4. The average molecular weight is 450 g/mol. The maximum Gasteiger partial charge on any atom is 0.237 e. The second kappa shape index (κ2) is 8.88. The van der Waals surface area contributed by atoms with Gasteiger partial charge in [0, 0.05) is 38.5 Å². The molecule has 2 aliphatic rings. The van der Waals surface area contributed by atoms with Gasteiger partial charge in [-0.15, -0.1) is 5.10 Å². The van der Waals surface area contributed by atoms with Crippen molar-refractivity contribution in [2.24, 2.45) is 0 Å². The third-order valence-corrected chi connectivity index (χ3v) is 6.99. The van der Waals surface area contributed by atoms with Crippen LogP contribution in [0.25, 0.3) is 5.69 Å². The maximum absolute atomic E-state index is 13.4. The lowest BCUT2D eigenvalue weighted by Crippen LogP contribution is -2.45. The summed E-state index contributed by atoms with van der Waals surface area (Å²) in [5.41, 5.74) is 6.97. The van der Waals surface area contributed by atoms with Gasteiger partial charge in [0.15, 0.2) is 0 Å². The van der Waals surface area contributed by atoms with E-state index < -0.39 is 0 Å². The van der Waals surface area contributed by atoms with Crippen molar-refractivity contribution in [3.05, 3.63) is 113 Å². The van der Waals surface area contributed by atoms with Crippen molar-refractivity contribution in [1.82, 2.24) is 24.8 Å². The van der Waals surface area contributed by atoms with Crippen LogP contribution in [-0.4, -0.2) is 50.3 Å². The van der Waals surface area contributed by atoms with E-state index in [9.17, 15) is 4.79 Å². The molecule has 0 fully saturated rings. The fraction of sp³-hybridized carbons (Fsp3) is 0.250. The minimum absolute atomic E-state index is 0.175. The molecule has 6 heteroatoms. The summed E-state index contributed by atoms with van der Waals surface area (Å²) < 4.78 is 1.93. The normalized spacial score (nSPS) is 17.8. The van der Waals surface area contributed by atoms with Gasteiger partial charge in [-0.05, 0) is 28.8 Å². The van der Waals surface area contributed by atoms with Crippen molar-refractivity contribution in [2.75, 3.05) is 19.6 Å². The highest BCUT2D eigenvalue weighted by Crippen LogP contribution is 2.33. The van der Waals surface area contributed by atoms with Crippen LogP contribution in [0.3, 0.4) is 0 Å². The predicted molar refractivity (Wildman–Crippen MR) is 130 cm³/mol. The standard InChI is InChI=1S/C28H27N5O/c34-28(20-31-16-15-27-26(19-31)29-30-33(27)23-12-5-2-6-13-23)32-17-22-11-7-8-14-24(22)25(18-32)21-9-3-1-4-10-21/h1-14,25H,15-20H2. The summed E-state index contributed by atoms with van der Waals surface area (Å²) in [5.74, 6) is 0.378. The Kier molecular flexibility index (Phi) is 5.43. The lowest BCUT2D eigenvalue weighted by atomic mass is 9.84. The zero-order chi connectivity index (χ0) is 22.9. The van der Waals surface area contributed by atoms with Crippen LogP contribution in [0.15, 0.2) is 84.9 Å². The third-order valence-electron chi connectivity index (χ3n) is 6.99. The van der Waals surface area contributed by atoms with Gasteiger partial charge in [-0.1, -0.05) is 78.0 Å². The van der Waals surface area contributed by atoms with E-state index >= 15 is 0 Å². The zero-order valence-electron chi connectivity index (χ0n) is 19.0. The van der Waals surface area contributed by atoms with E-state index in [1.807, 2.05) is 46.0 Å². The van der Waals surface area contributed by atoms with Crippen molar-refractivity contribution in [3.63, 3.8) is 0 Å². The molecule has 34 heavy (non-hydrogen) atoms. The molecule has 0 saturated carbocycles. The van der Waals surface area contributed by atoms with Gasteiger partial charge in [0.2, 0.25) is 5.91 Å². The van der Waals surface area contributed by atoms with Crippen LogP contribution in [0.1, 0.15) is 34.0 Å². The quantitative estimate of drug-likeness (QED) is 0.476. The molecule has 3 aromatic carbocycles. The van der Waals surface area contributed by atoms with Crippen molar-refractivity contribution in [2.45, 2.75) is 25.4 Å². The minimum Gasteiger partial charge on any atom is -0.336 e. The fourth-order valence-electron chi connectivity index (χ4n) is 5.23. The Morgan fingerprint density at radius 1 is 0.882 bits per heavy atom. The van der Waals surface area contributed by atoms with Crippen LogP contribution in [0.2, 0.25) is 0 Å². The number of hydrogen-bond donors (Lipinski definition) is 0. The summed E-state index contributed by atoms with van der Waals surface area (Å²) in [6.45, 7) is 3.26. The molecule has 3 heterocycles. The van der Waals surface area contributed by atoms with Gasteiger partial charge in [-0.3, -0.25) is 9.69 Å². The Bertz CT molecular complexity index is 1300. The first-order valence-electron chi connectivity index (χ1n) is 11.9. The van der Waals surface area contributed by atoms with Crippen LogP contribution in [0.4, 0.5) is 0 Å². The van der Waals surface area contributed by atoms with Crippen molar-refractivity contribution < 1.29 is 4.79 Å². The van der Waals surface area contributed by atoms with E-state index in [1.54, 1.807) is 0 Å². The second-order valence-electron chi connectivity index (χ2n) is 9.13. The topological polar surface area (TPSA) is 54.3 Å². The molecule has 0 N–H and O–H groups in total. The van der Waals surface area contributed by atoms with Gasteiger partial charge in [0.05, 0.1) is 17.9 Å². The van der Waals surface area contributed by atoms with Gasteiger partial charge in [0.25, 0.3) is 0 Å². The molecular formula is C28H27N5O. The molecule has 6 rings (SSSR count). The highest BCUT2D eigenvalue weighted by atomic mass is 16.2. The number of carbonyl (C=O) groups is 1. The molecular weight excluding hydrogens is 422 g/mol. The highest BCUT2D eigenvalue weighted by Gasteiger charge is 2.31. The van der Waals surface area contributed by atoms with Crippen molar-refractivity contribution in [3.8, 4) is 5.69 Å². The van der Waals surface area contributed by atoms with E-state index in [1.165, 1.54) is 16.7 Å². The molecule has 0 aliphatic carbocycles. The Morgan fingerprint density at radius 2 is 1.62 bits per heavy atom. The number of rotatable bonds is 4. The molecule has 0 bridgehead atoms. The number of para-hydroxylation sites is 1. The molecule has 2 aliphatic heterocycles. The van der Waals surface area contributed by atoms with E-state index in [2.05, 4.69) is 63.7 Å². The van der Waals surface area contributed by atoms with E-state index in [-0.39, 0.29) is 11.8 Å². The minimum atomic E-state index is 0.175. The van der Waals surface area contributed by atoms with E-state index in [0.29, 0.717) is 26.2 Å². The summed E-state index contributed by atoms with van der Waals surface area (Å²) in [4.78, 5) is 17.7. The molecule has 170 valence electrons. The first-order valence-corrected chi connectivity index (χ1v) is 11.9. The molecule has 1 atom stereocenters. The predicted octanol–water partition coefficient (Wildman–Crippen LogP) is 3.80. The van der Waals surface area contributed by atoms with E-state index in [4.69, 9.17) is 0 Å². The maximum atomic E-state index is 13.4.